The van der Waals surface area contributed by atoms with Crippen LogP contribution in [0.4, 0.5) is 0 Å². The molecule has 0 amide bonds. The van der Waals surface area contributed by atoms with E-state index < -0.39 is 6.10 Å². The zero-order valence-corrected chi connectivity index (χ0v) is 8.41. The third-order valence-electron chi connectivity index (χ3n) is 2.28. The minimum absolute atomic E-state index is 0.324. The molecule has 1 aromatic carbocycles. The highest BCUT2D eigenvalue weighted by atomic mass is 16.3. The van der Waals surface area contributed by atoms with Crippen molar-refractivity contribution in [3.63, 3.8) is 0 Å². The van der Waals surface area contributed by atoms with Gasteiger partial charge in [0.05, 0.1) is 6.54 Å². The SMILES string of the molecule is Cc1ccccc1C(O)Cn1ncnn1. The Balaban J connectivity index is 2.15. The molecule has 0 bridgehead atoms. The van der Waals surface area contributed by atoms with Crippen LogP contribution in [0.1, 0.15) is 17.2 Å². The molecular formula is C10H12N4O. The monoisotopic (exact) mass is 204 g/mol. The van der Waals surface area contributed by atoms with Gasteiger partial charge in [0.2, 0.25) is 0 Å². The molecule has 0 saturated carbocycles. The number of tetrazole rings is 1. The van der Waals surface area contributed by atoms with Gasteiger partial charge in [-0.25, -0.2) is 0 Å². The van der Waals surface area contributed by atoms with Crippen molar-refractivity contribution in [2.24, 2.45) is 0 Å². The first-order chi connectivity index (χ1) is 7.27. The Hall–Kier alpha value is -1.75. The van der Waals surface area contributed by atoms with Gasteiger partial charge in [0.1, 0.15) is 6.10 Å². The van der Waals surface area contributed by atoms with E-state index in [4.69, 9.17) is 0 Å². The Morgan fingerprint density at radius 3 is 2.87 bits per heavy atom. The molecule has 2 aromatic rings. The second-order valence-corrected chi connectivity index (χ2v) is 3.36. The highest BCUT2D eigenvalue weighted by Crippen LogP contribution is 2.17. The lowest BCUT2D eigenvalue weighted by atomic mass is 10.0. The Morgan fingerprint density at radius 1 is 1.40 bits per heavy atom. The van der Waals surface area contributed by atoms with Gasteiger partial charge in [-0.1, -0.05) is 24.3 Å². The molecule has 0 aliphatic carbocycles. The molecule has 1 unspecified atom stereocenters. The number of aromatic nitrogens is 4. The summed E-state index contributed by atoms with van der Waals surface area (Å²) in [5.74, 6) is 0. The van der Waals surface area contributed by atoms with Crippen LogP contribution in [0, 0.1) is 6.92 Å². The van der Waals surface area contributed by atoms with Crippen LogP contribution in [0.2, 0.25) is 0 Å². The van der Waals surface area contributed by atoms with E-state index in [1.165, 1.54) is 11.1 Å². The molecule has 15 heavy (non-hydrogen) atoms. The largest absolute Gasteiger partial charge is 0.386 e. The fraction of sp³-hybridized carbons (Fsp3) is 0.300. The van der Waals surface area contributed by atoms with E-state index in [0.29, 0.717) is 6.54 Å². The van der Waals surface area contributed by atoms with E-state index in [2.05, 4.69) is 15.4 Å². The number of benzene rings is 1. The molecule has 1 N–H and O–H groups in total. The van der Waals surface area contributed by atoms with Crippen LogP contribution >= 0.6 is 0 Å². The molecule has 0 spiro atoms. The molecule has 0 radical (unpaired) electrons. The van der Waals surface area contributed by atoms with E-state index in [-0.39, 0.29) is 0 Å². The van der Waals surface area contributed by atoms with E-state index in [1.807, 2.05) is 31.2 Å². The van der Waals surface area contributed by atoms with E-state index in [9.17, 15) is 5.11 Å². The van der Waals surface area contributed by atoms with Crippen LogP contribution in [-0.4, -0.2) is 25.3 Å². The smallest absolute Gasteiger partial charge is 0.162 e. The quantitative estimate of drug-likeness (QED) is 0.800. The number of aliphatic hydroxyl groups excluding tert-OH is 1. The second-order valence-electron chi connectivity index (χ2n) is 3.36. The van der Waals surface area contributed by atoms with Crippen LogP contribution < -0.4 is 0 Å². The van der Waals surface area contributed by atoms with Crippen molar-refractivity contribution >= 4 is 0 Å². The summed E-state index contributed by atoms with van der Waals surface area (Å²) in [5.41, 5.74) is 1.96. The predicted octanol–water partition coefficient (Wildman–Crippen LogP) is 0.715. The Morgan fingerprint density at radius 2 is 2.20 bits per heavy atom. The van der Waals surface area contributed by atoms with Gasteiger partial charge in [-0.3, -0.25) is 0 Å². The first kappa shape index (κ1) is 9.79. The fourth-order valence-corrected chi connectivity index (χ4v) is 1.49. The second kappa shape index (κ2) is 4.18. The van der Waals surface area contributed by atoms with Crippen molar-refractivity contribution in [1.82, 2.24) is 20.2 Å². The molecule has 0 aliphatic heterocycles. The average Bonchev–Trinajstić information content (AvgIpc) is 2.71. The van der Waals surface area contributed by atoms with Crippen molar-refractivity contribution in [3.05, 3.63) is 41.7 Å². The standard InChI is InChI=1S/C10H12N4O/c1-8-4-2-3-5-9(8)10(15)6-14-12-7-11-13-14/h2-5,7,10,15H,6H2,1H3. The number of hydrogen-bond acceptors (Lipinski definition) is 4. The molecule has 1 atom stereocenters. The van der Waals surface area contributed by atoms with Gasteiger partial charge in [0, 0.05) is 0 Å². The molecule has 2 rings (SSSR count). The van der Waals surface area contributed by atoms with Crippen LogP contribution in [0.5, 0.6) is 0 Å². The summed E-state index contributed by atoms with van der Waals surface area (Å²) in [6.07, 6.45) is 0.755. The number of rotatable bonds is 3. The minimum Gasteiger partial charge on any atom is -0.386 e. The molecular weight excluding hydrogens is 192 g/mol. The van der Waals surface area contributed by atoms with Gasteiger partial charge in [-0.15, -0.1) is 10.2 Å². The van der Waals surface area contributed by atoms with Gasteiger partial charge in [-0.05, 0) is 23.3 Å². The summed E-state index contributed by atoms with van der Waals surface area (Å²) in [4.78, 5) is 1.37. The lowest BCUT2D eigenvalue weighted by Crippen LogP contribution is -2.12. The zero-order valence-electron chi connectivity index (χ0n) is 8.41. The summed E-state index contributed by atoms with van der Waals surface area (Å²) in [5, 5.41) is 21.1. The maximum atomic E-state index is 9.94. The summed E-state index contributed by atoms with van der Waals surface area (Å²) < 4.78 is 0. The van der Waals surface area contributed by atoms with E-state index in [1.54, 1.807) is 0 Å². The maximum Gasteiger partial charge on any atom is 0.162 e. The van der Waals surface area contributed by atoms with Crippen LogP contribution in [-0.2, 0) is 6.54 Å². The summed E-state index contributed by atoms with van der Waals surface area (Å²) in [6, 6.07) is 7.71. The molecule has 0 aliphatic rings. The Bertz CT molecular complexity index is 427. The van der Waals surface area contributed by atoms with E-state index >= 15 is 0 Å². The van der Waals surface area contributed by atoms with Crippen molar-refractivity contribution in [3.8, 4) is 0 Å². The van der Waals surface area contributed by atoms with Gasteiger partial charge in [0.25, 0.3) is 0 Å². The summed E-state index contributed by atoms with van der Waals surface area (Å²) >= 11 is 0. The first-order valence-corrected chi connectivity index (χ1v) is 4.72. The zero-order chi connectivity index (χ0) is 10.7. The van der Waals surface area contributed by atoms with Gasteiger partial charge in [0.15, 0.2) is 6.33 Å². The third-order valence-corrected chi connectivity index (χ3v) is 2.28. The lowest BCUT2D eigenvalue weighted by Gasteiger charge is -2.12. The number of hydrogen-bond donors (Lipinski definition) is 1. The predicted molar refractivity (Wildman–Crippen MR) is 54.0 cm³/mol. The highest BCUT2D eigenvalue weighted by Gasteiger charge is 2.11. The van der Waals surface area contributed by atoms with Crippen LogP contribution in [0.25, 0.3) is 0 Å². The summed E-state index contributed by atoms with van der Waals surface area (Å²) in [7, 11) is 0. The molecule has 78 valence electrons. The van der Waals surface area contributed by atoms with Gasteiger partial charge >= 0.3 is 0 Å². The number of nitrogens with zero attached hydrogens (tertiary/aromatic N) is 4. The molecule has 0 fully saturated rings. The lowest BCUT2D eigenvalue weighted by molar-refractivity contribution is 0.144. The van der Waals surface area contributed by atoms with Crippen molar-refractivity contribution < 1.29 is 5.11 Å². The Kier molecular flexibility index (Phi) is 2.73. The third kappa shape index (κ3) is 2.19. The number of aryl methyl sites for hydroxylation is 1. The minimum atomic E-state index is -0.597. The maximum absolute atomic E-state index is 9.94. The van der Waals surface area contributed by atoms with Crippen LogP contribution in [0.3, 0.4) is 0 Å². The molecule has 5 nitrogen and oxygen atoms in total. The topological polar surface area (TPSA) is 63.8 Å². The van der Waals surface area contributed by atoms with Crippen molar-refractivity contribution in [2.75, 3.05) is 0 Å². The summed E-state index contributed by atoms with van der Waals surface area (Å²) in [6.45, 7) is 2.29. The molecule has 1 heterocycles. The molecule has 5 heteroatoms. The average molecular weight is 204 g/mol. The number of aliphatic hydroxyl groups is 1. The molecule has 1 aromatic heterocycles. The Labute approximate surface area is 87.4 Å². The fourth-order valence-electron chi connectivity index (χ4n) is 1.49. The van der Waals surface area contributed by atoms with Crippen molar-refractivity contribution in [1.29, 1.82) is 0 Å². The molecule has 0 saturated heterocycles. The van der Waals surface area contributed by atoms with Gasteiger partial charge in [-0.2, -0.15) is 4.80 Å². The van der Waals surface area contributed by atoms with E-state index in [0.717, 1.165) is 11.1 Å². The van der Waals surface area contributed by atoms with Crippen LogP contribution in [0.15, 0.2) is 30.6 Å². The normalized spacial score (nSPS) is 12.7. The first-order valence-electron chi connectivity index (χ1n) is 4.72. The van der Waals surface area contributed by atoms with Gasteiger partial charge < -0.3 is 5.11 Å². The van der Waals surface area contributed by atoms with Crippen molar-refractivity contribution in [2.45, 2.75) is 19.6 Å². The highest BCUT2D eigenvalue weighted by molar-refractivity contribution is 5.27.